The molecule has 1 N–H and O–H groups in total. The van der Waals surface area contributed by atoms with Crippen LogP contribution < -0.4 is 4.74 Å². The van der Waals surface area contributed by atoms with E-state index in [1.807, 2.05) is 0 Å². The third-order valence-electron chi connectivity index (χ3n) is 2.41. The number of esters is 1. The maximum Gasteiger partial charge on any atom is 0.573 e. The zero-order chi connectivity index (χ0) is 16.0. The number of hydrogen-bond acceptors (Lipinski definition) is 5. The molecule has 0 atom stereocenters. The average molecular weight is 303 g/mol. The van der Waals surface area contributed by atoms with Crippen LogP contribution in [0.4, 0.5) is 13.2 Å². The van der Waals surface area contributed by atoms with Gasteiger partial charge in [0.1, 0.15) is 11.8 Å². The molecule has 0 spiro atoms. The zero-order valence-corrected chi connectivity index (χ0v) is 11.0. The summed E-state index contributed by atoms with van der Waals surface area (Å²) in [6.07, 6.45) is -5.28. The Morgan fingerprint density at radius 2 is 2.10 bits per heavy atom. The first-order valence-electron chi connectivity index (χ1n) is 5.88. The molecule has 0 amide bonds. The van der Waals surface area contributed by atoms with Gasteiger partial charge in [0.2, 0.25) is 0 Å². The molecule has 1 aromatic carbocycles. The Bertz CT molecular complexity index is 564. The number of nitrogens with zero attached hydrogens (tertiary/aromatic N) is 1. The summed E-state index contributed by atoms with van der Waals surface area (Å²) in [4.78, 5) is 11.4. The van der Waals surface area contributed by atoms with Crippen LogP contribution in [0.15, 0.2) is 12.1 Å². The first-order chi connectivity index (χ1) is 9.80. The minimum atomic E-state index is -4.99. The van der Waals surface area contributed by atoms with Gasteiger partial charge in [0.25, 0.3) is 0 Å². The largest absolute Gasteiger partial charge is 0.573 e. The number of alkyl halides is 3. The lowest BCUT2D eigenvalue weighted by molar-refractivity contribution is -0.274. The van der Waals surface area contributed by atoms with Crippen LogP contribution in [-0.2, 0) is 22.6 Å². The van der Waals surface area contributed by atoms with Gasteiger partial charge >= 0.3 is 12.3 Å². The first kappa shape index (κ1) is 16.8. The zero-order valence-electron chi connectivity index (χ0n) is 11.0. The molecule has 0 aliphatic heterocycles. The van der Waals surface area contributed by atoms with Crippen molar-refractivity contribution < 1.29 is 32.5 Å². The van der Waals surface area contributed by atoms with E-state index < -0.39 is 30.3 Å². The average Bonchev–Trinajstić information content (AvgIpc) is 2.36. The van der Waals surface area contributed by atoms with E-state index in [1.165, 1.54) is 6.07 Å². The van der Waals surface area contributed by atoms with Gasteiger partial charge in [-0.1, -0.05) is 6.07 Å². The Kier molecular flexibility index (Phi) is 5.55. The molecule has 0 fully saturated rings. The second-order valence-corrected chi connectivity index (χ2v) is 3.93. The lowest BCUT2D eigenvalue weighted by Gasteiger charge is -2.14. The molecule has 0 saturated heterocycles. The molecule has 5 nitrogen and oxygen atoms in total. The van der Waals surface area contributed by atoms with Crippen LogP contribution >= 0.6 is 0 Å². The molecule has 21 heavy (non-hydrogen) atoms. The van der Waals surface area contributed by atoms with E-state index >= 15 is 0 Å². The Hall–Kier alpha value is -2.27. The van der Waals surface area contributed by atoms with Crippen LogP contribution in [0.5, 0.6) is 5.75 Å². The number of nitriles is 1. The number of aliphatic hydroxyl groups is 1. The summed E-state index contributed by atoms with van der Waals surface area (Å²) >= 11 is 0. The maximum atomic E-state index is 12.3. The van der Waals surface area contributed by atoms with Crippen molar-refractivity contribution in [3.8, 4) is 11.8 Å². The second-order valence-electron chi connectivity index (χ2n) is 3.93. The van der Waals surface area contributed by atoms with Gasteiger partial charge in [-0.25, -0.2) is 0 Å². The highest BCUT2D eigenvalue weighted by atomic mass is 19.4. The third kappa shape index (κ3) is 4.96. The SMILES string of the molecule is CCOC(=O)Cc1cc(CO)c(C#N)c(OC(F)(F)F)c1. The summed E-state index contributed by atoms with van der Waals surface area (Å²) in [5, 5.41) is 18.0. The van der Waals surface area contributed by atoms with Crippen LogP contribution in [-0.4, -0.2) is 24.0 Å². The molecule has 114 valence electrons. The lowest BCUT2D eigenvalue weighted by Crippen LogP contribution is -2.19. The summed E-state index contributed by atoms with van der Waals surface area (Å²) in [6.45, 7) is 1.07. The summed E-state index contributed by atoms with van der Waals surface area (Å²) in [7, 11) is 0. The van der Waals surface area contributed by atoms with Gasteiger partial charge in [-0.15, -0.1) is 13.2 Å². The quantitative estimate of drug-likeness (QED) is 0.842. The molecule has 8 heteroatoms. The van der Waals surface area contributed by atoms with E-state index in [4.69, 9.17) is 10.4 Å². The number of carbonyl (C=O) groups is 1. The van der Waals surface area contributed by atoms with Crippen molar-refractivity contribution in [2.24, 2.45) is 0 Å². The van der Waals surface area contributed by atoms with Gasteiger partial charge in [-0.05, 0) is 24.1 Å². The monoisotopic (exact) mass is 303 g/mol. The highest BCUT2D eigenvalue weighted by Gasteiger charge is 2.33. The third-order valence-corrected chi connectivity index (χ3v) is 2.41. The molecule has 0 aromatic heterocycles. The Labute approximate surface area is 118 Å². The van der Waals surface area contributed by atoms with E-state index in [-0.39, 0.29) is 24.2 Å². The predicted octanol–water partition coefficient (Wildman–Crippen LogP) is 2.05. The molecule has 0 saturated carbocycles. The number of halogens is 3. The van der Waals surface area contributed by atoms with Gasteiger partial charge in [0.05, 0.1) is 25.2 Å². The smallest absolute Gasteiger partial charge is 0.466 e. The van der Waals surface area contributed by atoms with Crippen molar-refractivity contribution in [1.82, 2.24) is 0 Å². The maximum absolute atomic E-state index is 12.3. The summed E-state index contributed by atoms with van der Waals surface area (Å²) in [6, 6.07) is 3.74. The van der Waals surface area contributed by atoms with Crippen molar-refractivity contribution in [3.63, 3.8) is 0 Å². The molecule has 1 aromatic rings. The van der Waals surface area contributed by atoms with Gasteiger partial charge < -0.3 is 14.6 Å². The fourth-order valence-electron chi connectivity index (χ4n) is 1.67. The van der Waals surface area contributed by atoms with Crippen molar-refractivity contribution in [1.29, 1.82) is 5.26 Å². The normalized spacial score (nSPS) is 10.9. The summed E-state index contributed by atoms with van der Waals surface area (Å²) in [5.41, 5.74) is -0.336. The van der Waals surface area contributed by atoms with Crippen molar-refractivity contribution >= 4 is 5.97 Å². The van der Waals surface area contributed by atoms with Crippen molar-refractivity contribution in [2.45, 2.75) is 26.3 Å². The molecule has 0 aliphatic rings. The van der Waals surface area contributed by atoms with Gasteiger partial charge in [0, 0.05) is 0 Å². The van der Waals surface area contributed by atoms with Crippen LogP contribution in [0, 0.1) is 11.3 Å². The summed E-state index contributed by atoms with van der Waals surface area (Å²) < 4.78 is 45.4. The number of benzene rings is 1. The highest BCUT2D eigenvalue weighted by Crippen LogP contribution is 2.30. The molecular formula is C13H12F3NO4. The number of hydrogen-bond donors (Lipinski definition) is 1. The molecule has 1 rings (SSSR count). The van der Waals surface area contributed by atoms with Gasteiger partial charge in [-0.2, -0.15) is 5.26 Å². The van der Waals surface area contributed by atoms with Crippen molar-refractivity contribution in [3.05, 3.63) is 28.8 Å². The molecule has 0 aliphatic carbocycles. The number of carbonyl (C=O) groups excluding carboxylic acids is 1. The molecular weight excluding hydrogens is 291 g/mol. The highest BCUT2D eigenvalue weighted by molar-refractivity contribution is 5.73. The van der Waals surface area contributed by atoms with E-state index in [0.29, 0.717) is 0 Å². The van der Waals surface area contributed by atoms with Crippen LogP contribution in [0.1, 0.15) is 23.6 Å². The van der Waals surface area contributed by atoms with E-state index in [0.717, 1.165) is 6.07 Å². The van der Waals surface area contributed by atoms with E-state index in [2.05, 4.69) is 9.47 Å². The molecule has 0 bridgehead atoms. The lowest BCUT2D eigenvalue weighted by atomic mass is 10.0. The molecule has 0 unspecified atom stereocenters. The van der Waals surface area contributed by atoms with Crippen LogP contribution in [0.3, 0.4) is 0 Å². The first-order valence-corrected chi connectivity index (χ1v) is 5.88. The minimum absolute atomic E-state index is 0.0569. The molecule has 0 radical (unpaired) electrons. The van der Waals surface area contributed by atoms with E-state index in [1.54, 1.807) is 13.0 Å². The Morgan fingerprint density at radius 3 is 2.57 bits per heavy atom. The predicted molar refractivity (Wildman–Crippen MR) is 64.1 cm³/mol. The van der Waals surface area contributed by atoms with Gasteiger partial charge in [-0.3, -0.25) is 4.79 Å². The van der Waals surface area contributed by atoms with Gasteiger partial charge in [0.15, 0.2) is 0 Å². The van der Waals surface area contributed by atoms with E-state index in [9.17, 15) is 18.0 Å². The number of rotatable bonds is 5. The van der Waals surface area contributed by atoms with Crippen LogP contribution in [0.25, 0.3) is 0 Å². The fraction of sp³-hybridized carbons (Fsp3) is 0.385. The number of ether oxygens (including phenoxy) is 2. The standard InChI is InChI=1S/C13H12F3NO4/c1-2-20-12(19)5-8-3-9(7-18)10(6-17)11(4-8)21-13(14,15)16/h3-4,18H,2,5,7H2,1H3. The summed E-state index contributed by atoms with van der Waals surface area (Å²) in [5.74, 6) is -1.39. The van der Waals surface area contributed by atoms with Crippen molar-refractivity contribution in [2.75, 3.05) is 6.61 Å². The minimum Gasteiger partial charge on any atom is -0.466 e. The Balaban J connectivity index is 3.21. The Morgan fingerprint density at radius 1 is 1.43 bits per heavy atom. The molecule has 0 heterocycles. The number of aliphatic hydroxyl groups excluding tert-OH is 1. The second kappa shape index (κ2) is 6.95. The topological polar surface area (TPSA) is 79.5 Å². The van der Waals surface area contributed by atoms with Crippen LogP contribution in [0.2, 0.25) is 0 Å². The fourth-order valence-corrected chi connectivity index (χ4v) is 1.67.